The average Bonchev–Trinajstić information content (AvgIpc) is 3.04. The Labute approximate surface area is 159 Å². The van der Waals surface area contributed by atoms with E-state index >= 15 is 0 Å². The molecular formula is C23H27BrO. The van der Waals surface area contributed by atoms with Crippen LogP contribution in [0.15, 0.2) is 35.9 Å². The summed E-state index contributed by atoms with van der Waals surface area (Å²) in [6.45, 7) is 4.09. The number of phenols is 1. The van der Waals surface area contributed by atoms with Crippen LogP contribution in [-0.2, 0) is 0 Å². The maximum absolute atomic E-state index is 10.3. The number of allylic oxidation sites excluding steroid dienone is 4. The van der Waals surface area contributed by atoms with Crippen molar-refractivity contribution in [2.24, 2.45) is 29.6 Å². The molecule has 25 heavy (non-hydrogen) atoms. The van der Waals surface area contributed by atoms with E-state index in [1.165, 1.54) is 30.4 Å². The molecule has 1 N–H and O–H groups in total. The van der Waals surface area contributed by atoms with Crippen molar-refractivity contribution in [1.82, 2.24) is 0 Å². The fraction of sp³-hybridized carbons (Fsp3) is 0.565. The zero-order chi connectivity index (χ0) is 17.3. The summed E-state index contributed by atoms with van der Waals surface area (Å²) >= 11 is 3.73. The van der Waals surface area contributed by atoms with E-state index in [9.17, 15) is 5.11 Å². The van der Waals surface area contributed by atoms with Crippen LogP contribution in [0.3, 0.4) is 0 Å². The molecule has 4 aliphatic rings. The van der Waals surface area contributed by atoms with Gasteiger partial charge in [-0.25, -0.2) is 0 Å². The quantitative estimate of drug-likeness (QED) is 0.615. The Morgan fingerprint density at radius 1 is 1.04 bits per heavy atom. The number of rotatable bonds is 3. The summed E-state index contributed by atoms with van der Waals surface area (Å²) in [4.78, 5) is 0.480. The van der Waals surface area contributed by atoms with Crippen LogP contribution < -0.4 is 0 Å². The first kappa shape index (κ1) is 16.2. The average molecular weight is 399 g/mol. The Morgan fingerprint density at radius 3 is 2.32 bits per heavy atom. The van der Waals surface area contributed by atoms with Gasteiger partial charge < -0.3 is 5.11 Å². The van der Waals surface area contributed by atoms with Crippen LogP contribution in [0.5, 0.6) is 5.75 Å². The van der Waals surface area contributed by atoms with Gasteiger partial charge in [0.15, 0.2) is 0 Å². The van der Waals surface area contributed by atoms with Gasteiger partial charge >= 0.3 is 0 Å². The van der Waals surface area contributed by atoms with Crippen molar-refractivity contribution in [3.63, 3.8) is 0 Å². The van der Waals surface area contributed by atoms with E-state index in [4.69, 9.17) is 0 Å². The van der Waals surface area contributed by atoms with Crippen LogP contribution in [0.4, 0.5) is 0 Å². The molecule has 1 nitrogen and oxygen atoms in total. The second-order valence-electron chi connectivity index (χ2n) is 8.93. The second-order valence-corrected chi connectivity index (χ2v) is 10.1. The fourth-order valence-electron chi connectivity index (χ4n) is 6.60. The van der Waals surface area contributed by atoms with Crippen LogP contribution >= 0.6 is 15.9 Å². The van der Waals surface area contributed by atoms with Gasteiger partial charge in [0, 0.05) is 10.7 Å². The van der Waals surface area contributed by atoms with E-state index in [2.05, 4.69) is 46.3 Å². The third kappa shape index (κ3) is 2.40. The fourth-order valence-corrected chi connectivity index (χ4v) is 6.94. The molecule has 2 bridgehead atoms. The van der Waals surface area contributed by atoms with Gasteiger partial charge in [-0.3, -0.25) is 0 Å². The third-order valence-corrected chi connectivity index (χ3v) is 8.32. The van der Waals surface area contributed by atoms with Crippen molar-refractivity contribution >= 4 is 15.9 Å². The number of hydrogen-bond acceptors (Lipinski definition) is 1. The summed E-state index contributed by atoms with van der Waals surface area (Å²) in [5, 5.41) is 10.3. The van der Waals surface area contributed by atoms with E-state index in [1.54, 1.807) is 0 Å². The minimum atomic E-state index is 0.466. The largest absolute Gasteiger partial charge is 0.507 e. The standard InChI is InChI=1S/C23H27BrO/c1-12-7-16(8-13(2)23(12)25)21(14-3-5-18(24)6-4-14)22-17-9-15-10-20(22)19(15)11-17/h3-5,7-8,15,17-22,25H,6,9-11H2,1-2H3. The molecule has 0 radical (unpaired) electrons. The molecule has 5 rings (SSSR count). The molecule has 3 fully saturated rings. The van der Waals surface area contributed by atoms with Gasteiger partial charge in [0.05, 0.1) is 0 Å². The summed E-state index contributed by atoms with van der Waals surface area (Å²) in [6.07, 6.45) is 12.7. The van der Waals surface area contributed by atoms with E-state index in [1.807, 2.05) is 13.8 Å². The number of fused-ring (bicyclic) bond motifs is 1. The zero-order valence-electron chi connectivity index (χ0n) is 15.1. The Bertz CT molecular complexity index is 749. The number of hydrogen-bond donors (Lipinski definition) is 1. The van der Waals surface area contributed by atoms with Gasteiger partial charge in [0.1, 0.15) is 5.75 Å². The van der Waals surface area contributed by atoms with Gasteiger partial charge in [-0.15, -0.1) is 0 Å². The summed E-state index contributed by atoms with van der Waals surface area (Å²) in [6, 6.07) is 4.51. The first-order chi connectivity index (χ1) is 12.0. The number of phenolic OH excluding ortho intramolecular Hbond substituents is 1. The highest BCUT2D eigenvalue weighted by Gasteiger charge is 2.61. The highest BCUT2D eigenvalue weighted by atomic mass is 79.9. The zero-order valence-corrected chi connectivity index (χ0v) is 16.7. The monoisotopic (exact) mass is 398 g/mol. The summed E-state index contributed by atoms with van der Waals surface area (Å²) in [5.41, 5.74) is 4.99. The summed E-state index contributed by atoms with van der Waals surface area (Å²) < 4.78 is 0. The first-order valence-electron chi connectivity index (χ1n) is 9.85. The van der Waals surface area contributed by atoms with Crippen LogP contribution in [0.1, 0.15) is 48.3 Å². The summed E-state index contributed by atoms with van der Waals surface area (Å²) in [7, 11) is 0. The van der Waals surface area contributed by atoms with Gasteiger partial charge in [0.2, 0.25) is 0 Å². The third-order valence-electron chi connectivity index (χ3n) is 7.64. The molecule has 3 saturated carbocycles. The SMILES string of the molecule is Cc1cc(C(C2=CCC(Br)C=C2)C2C3CC4CC2C4C3)cc(C)c1O. The van der Waals surface area contributed by atoms with Gasteiger partial charge in [-0.2, -0.15) is 0 Å². The highest BCUT2D eigenvalue weighted by molar-refractivity contribution is 9.09. The normalized spacial score (nSPS) is 39.2. The highest BCUT2D eigenvalue weighted by Crippen LogP contribution is 2.69. The Morgan fingerprint density at radius 2 is 1.76 bits per heavy atom. The van der Waals surface area contributed by atoms with Crippen molar-refractivity contribution in [2.75, 3.05) is 0 Å². The lowest BCUT2D eigenvalue weighted by Crippen LogP contribution is -2.42. The van der Waals surface area contributed by atoms with Gasteiger partial charge in [0.25, 0.3) is 0 Å². The Balaban J connectivity index is 1.58. The maximum atomic E-state index is 10.3. The molecule has 7 atom stereocenters. The molecule has 2 heteroatoms. The molecule has 7 unspecified atom stereocenters. The van der Waals surface area contributed by atoms with Crippen LogP contribution in [0.25, 0.3) is 0 Å². The Hall–Kier alpha value is -1.02. The molecule has 4 aliphatic carbocycles. The predicted octanol–water partition coefficient (Wildman–Crippen LogP) is 6.03. The first-order valence-corrected chi connectivity index (χ1v) is 10.8. The van der Waals surface area contributed by atoms with Crippen molar-refractivity contribution < 1.29 is 5.11 Å². The summed E-state index contributed by atoms with van der Waals surface area (Å²) in [5.74, 6) is 5.72. The molecule has 0 spiro atoms. The number of halogens is 1. The maximum Gasteiger partial charge on any atom is 0.121 e. The van der Waals surface area contributed by atoms with Crippen molar-refractivity contribution in [3.8, 4) is 5.75 Å². The predicted molar refractivity (Wildman–Crippen MR) is 106 cm³/mol. The number of benzene rings is 1. The molecule has 1 aromatic rings. The van der Waals surface area contributed by atoms with Crippen LogP contribution in [0, 0.1) is 43.4 Å². The van der Waals surface area contributed by atoms with E-state index < -0.39 is 0 Å². The molecule has 0 aromatic heterocycles. The van der Waals surface area contributed by atoms with Gasteiger partial charge in [-0.05, 0) is 91.4 Å². The van der Waals surface area contributed by atoms with Crippen molar-refractivity contribution in [1.29, 1.82) is 0 Å². The van der Waals surface area contributed by atoms with Crippen molar-refractivity contribution in [3.05, 3.63) is 52.6 Å². The van der Waals surface area contributed by atoms with Crippen LogP contribution in [0.2, 0.25) is 0 Å². The van der Waals surface area contributed by atoms with Gasteiger partial charge in [-0.1, -0.05) is 46.3 Å². The molecule has 0 aliphatic heterocycles. The minimum absolute atomic E-state index is 0.466. The lowest BCUT2D eigenvalue weighted by atomic mass is 9.55. The molecule has 0 heterocycles. The smallest absolute Gasteiger partial charge is 0.121 e. The van der Waals surface area contributed by atoms with Crippen molar-refractivity contribution in [2.45, 2.75) is 50.3 Å². The lowest BCUT2D eigenvalue weighted by Gasteiger charge is -2.50. The molecule has 0 amide bonds. The molecular weight excluding hydrogens is 372 g/mol. The molecule has 132 valence electrons. The number of alkyl halides is 1. The molecule has 1 aromatic carbocycles. The number of aryl methyl sites for hydroxylation is 2. The second kappa shape index (κ2) is 5.74. The Kier molecular flexibility index (Phi) is 3.71. The van der Waals surface area contributed by atoms with E-state index in [-0.39, 0.29) is 0 Å². The topological polar surface area (TPSA) is 20.2 Å². The van der Waals surface area contributed by atoms with Crippen LogP contribution in [-0.4, -0.2) is 9.93 Å². The van der Waals surface area contributed by atoms with E-state index in [0.717, 1.165) is 47.1 Å². The number of aromatic hydroxyl groups is 1. The lowest BCUT2D eigenvalue weighted by molar-refractivity contribution is 0.0213. The minimum Gasteiger partial charge on any atom is -0.507 e. The van der Waals surface area contributed by atoms with E-state index in [0.29, 0.717) is 16.5 Å². The molecule has 0 saturated heterocycles.